The monoisotopic (exact) mass is 206 g/mol. The van der Waals surface area contributed by atoms with E-state index in [1.54, 1.807) is 0 Å². The van der Waals surface area contributed by atoms with Crippen molar-refractivity contribution in [2.24, 2.45) is 0 Å². The fourth-order valence-electron chi connectivity index (χ4n) is 2.11. The first kappa shape index (κ1) is 12.3. The van der Waals surface area contributed by atoms with Crippen molar-refractivity contribution in [2.45, 2.75) is 53.1 Å². The quantitative estimate of drug-likeness (QED) is 0.799. The molecule has 0 heterocycles. The van der Waals surface area contributed by atoms with Crippen LogP contribution in [0.3, 0.4) is 0 Å². The van der Waals surface area contributed by atoms with E-state index in [0.29, 0.717) is 11.8 Å². The first-order valence-electron chi connectivity index (χ1n) is 5.71. The highest BCUT2D eigenvalue weighted by Crippen LogP contribution is 2.28. The topological polar surface area (TPSA) is 20.2 Å². The summed E-state index contributed by atoms with van der Waals surface area (Å²) in [6.07, 6.45) is 0. The summed E-state index contributed by atoms with van der Waals surface area (Å²) in [7, 11) is 0. The Morgan fingerprint density at radius 3 is 1.67 bits per heavy atom. The van der Waals surface area contributed by atoms with Crippen LogP contribution in [0.25, 0.3) is 0 Å². The summed E-state index contributed by atoms with van der Waals surface area (Å²) in [5.74, 6) is 1.04. The molecule has 0 fully saturated rings. The normalized spacial score (nSPS) is 11.5. The van der Waals surface area contributed by atoms with Gasteiger partial charge in [-0.15, -0.1) is 0 Å². The Hall–Kier alpha value is -0.820. The molecule has 0 aliphatic carbocycles. The van der Waals surface area contributed by atoms with Crippen LogP contribution in [0.15, 0.2) is 12.1 Å². The largest absolute Gasteiger partial charge is 0.392 e. The number of benzene rings is 1. The zero-order chi connectivity index (χ0) is 11.6. The van der Waals surface area contributed by atoms with Gasteiger partial charge in [-0.3, -0.25) is 0 Å². The smallest absolute Gasteiger partial charge is 0.0682 e. The standard InChI is InChI=1S/C14H22O/c1-9(2)13-6-12(8-15)7-14(10(3)4)11(13)5/h6-7,9-10,15H,8H2,1-5H3. The van der Waals surface area contributed by atoms with Crippen molar-refractivity contribution in [1.29, 1.82) is 0 Å². The molecule has 1 aromatic rings. The Morgan fingerprint density at radius 1 is 1.00 bits per heavy atom. The molecule has 0 saturated heterocycles. The van der Waals surface area contributed by atoms with E-state index < -0.39 is 0 Å². The zero-order valence-corrected chi connectivity index (χ0v) is 10.5. The zero-order valence-electron chi connectivity index (χ0n) is 10.5. The van der Waals surface area contributed by atoms with Gasteiger partial charge in [-0.1, -0.05) is 39.8 Å². The van der Waals surface area contributed by atoms with Crippen LogP contribution in [0.2, 0.25) is 0 Å². The summed E-state index contributed by atoms with van der Waals surface area (Å²) >= 11 is 0. The van der Waals surface area contributed by atoms with Crippen molar-refractivity contribution in [3.8, 4) is 0 Å². The highest BCUT2D eigenvalue weighted by Gasteiger charge is 2.11. The maximum absolute atomic E-state index is 9.24. The Balaban J connectivity index is 3.33. The maximum Gasteiger partial charge on any atom is 0.0682 e. The molecule has 0 atom stereocenters. The summed E-state index contributed by atoms with van der Waals surface area (Å²) in [5, 5.41) is 9.24. The molecule has 15 heavy (non-hydrogen) atoms. The number of aliphatic hydroxyl groups excluding tert-OH is 1. The summed E-state index contributed by atoms with van der Waals surface area (Å²) in [6.45, 7) is 11.1. The molecule has 1 N–H and O–H groups in total. The van der Waals surface area contributed by atoms with Crippen LogP contribution in [0.5, 0.6) is 0 Å². The number of hydrogen-bond donors (Lipinski definition) is 1. The van der Waals surface area contributed by atoms with E-state index in [0.717, 1.165) is 5.56 Å². The van der Waals surface area contributed by atoms with E-state index in [-0.39, 0.29) is 6.61 Å². The van der Waals surface area contributed by atoms with E-state index in [4.69, 9.17) is 0 Å². The van der Waals surface area contributed by atoms with E-state index in [9.17, 15) is 5.11 Å². The molecular formula is C14H22O. The van der Waals surface area contributed by atoms with Crippen LogP contribution < -0.4 is 0 Å². The van der Waals surface area contributed by atoms with Gasteiger partial charge in [0, 0.05) is 0 Å². The molecule has 1 aromatic carbocycles. The van der Waals surface area contributed by atoms with Gasteiger partial charge in [-0.25, -0.2) is 0 Å². The van der Waals surface area contributed by atoms with E-state index in [1.165, 1.54) is 16.7 Å². The second kappa shape index (κ2) is 4.80. The lowest BCUT2D eigenvalue weighted by molar-refractivity contribution is 0.281. The Morgan fingerprint density at radius 2 is 1.40 bits per heavy atom. The fraction of sp³-hybridized carbons (Fsp3) is 0.571. The van der Waals surface area contributed by atoms with Crippen molar-refractivity contribution in [3.05, 3.63) is 34.4 Å². The van der Waals surface area contributed by atoms with Gasteiger partial charge in [0.05, 0.1) is 6.61 Å². The first-order chi connectivity index (χ1) is 6.97. The van der Waals surface area contributed by atoms with Crippen molar-refractivity contribution in [3.63, 3.8) is 0 Å². The third-order valence-corrected chi connectivity index (χ3v) is 2.97. The lowest BCUT2D eigenvalue weighted by Gasteiger charge is -2.18. The molecule has 0 amide bonds. The number of rotatable bonds is 3. The lowest BCUT2D eigenvalue weighted by atomic mass is 9.88. The van der Waals surface area contributed by atoms with Gasteiger partial charge in [0.15, 0.2) is 0 Å². The average molecular weight is 206 g/mol. The van der Waals surface area contributed by atoms with Crippen molar-refractivity contribution in [1.82, 2.24) is 0 Å². The van der Waals surface area contributed by atoms with Crippen LogP contribution in [0.4, 0.5) is 0 Å². The Bertz CT molecular complexity index is 308. The predicted octanol–water partition coefficient (Wildman–Crippen LogP) is 3.73. The van der Waals surface area contributed by atoms with Crippen LogP contribution in [-0.2, 0) is 6.61 Å². The summed E-state index contributed by atoms with van der Waals surface area (Å²) in [5.41, 5.74) is 5.15. The van der Waals surface area contributed by atoms with E-state index >= 15 is 0 Å². The van der Waals surface area contributed by atoms with Gasteiger partial charge in [-0.05, 0) is 41.0 Å². The average Bonchev–Trinajstić information content (AvgIpc) is 2.17. The van der Waals surface area contributed by atoms with Crippen LogP contribution in [-0.4, -0.2) is 5.11 Å². The Kier molecular flexibility index (Phi) is 3.92. The molecule has 0 bridgehead atoms. The van der Waals surface area contributed by atoms with Crippen LogP contribution in [0, 0.1) is 6.92 Å². The van der Waals surface area contributed by atoms with Crippen molar-refractivity contribution < 1.29 is 5.11 Å². The van der Waals surface area contributed by atoms with Gasteiger partial charge in [0.2, 0.25) is 0 Å². The lowest BCUT2D eigenvalue weighted by Crippen LogP contribution is -2.02. The molecule has 0 aliphatic rings. The third-order valence-electron chi connectivity index (χ3n) is 2.97. The van der Waals surface area contributed by atoms with Gasteiger partial charge in [0.1, 0.15) is 0 Å². The molecule has 84 valence electrons. The SMILES string of the molecule is Cc1c(C(C)C)cc(CO)cc1C(C)C. The molecule has 1 nitrogen and oxygen atoms in total. The van der Waals surface area contributed by atoms with E-state index in [1.807, 2.05) is 0 Å². The van der Waals surface area contributed by atoms with Crippen LogP contribution >= 0.6 is 0 Å². The van der Waals surface area contributed by atoms with Gasteiger partial charge in [0.25, 0.3) is 0 Å². The molecule has 0 aromatic heterocycles. The second-order valence-corrected chi connectivity index (χ2v) is 4.87. The van der Waals surface area contributed by atoms with Gasteiger partial charge < -0.3 is 5.11 Å². The fourth-order valence-corrected chi connectivity index (χ4v) is 2.11. The van der Waals surface area contributed by atoms with Crippen molar-refractivity contribution in [2.75, 3.05) is 0 Å². The predicted molar refractivity (Wildman–Crippen MR) is 65.3 cm³/mol. The third kappa shape index (κ3) is 2.60. The molecule has 0 saturated carbocycles. The van der Waals surface area contributed by atoms with Gasteiger partial charge in [-0.2, -0.15) is 0 Å². The van der Waals surface area contributed by atoms with E-state index in [2.05, 4.69) is 46.8 Å². The minimum atomic E-state index is 0.139. The highest BCUT2D eigenvalue weighted by molar-refractivity contribution is 5.41. The molecule has 1 heteroatoms. The summed E-state index contributed by atoms with van der Waals surface area (Å²) in [6, 6.07) is 4.26. The summed E-state index contributed by atoms with van der Waals surface area (Å²) in [4.78, 5) is 0. The molecule has 0 aliphatic heterocycles. The maximum atomic E-state index is 9.24. The van der Waals surface area contributed by atoms with Gasteiger partial charge >= 0.3 is 0 Å². The second-order valence-electron chi connectivity index (χ2n) is 4.87. The molecule has 0 spiro atoms. The molecular weight excluding hydrogens is 184 g/mol. The minimum Gasteiger partial charge on any atom is -0.392 e. The summed E-state index contributed by atoms with van der Waals surface area (Å²) < 4.78 is 0. The van der Waals surface area contributed by atoms with Crippen molar-refractivity contribution >= 4 is 0 Å². The Labute approximate surface area is 93.1 Å². The number of aliphatic hydroxyl groups is 1. The molecule has 0 unspecified atom stereocenters. The minimum absolute atomic E-state index is 0.139. The van der Waals surface area contributed by atoms with Crippen LogP contribution in [0.1, 0.15) is 61.8 Å². The molecule has 1 rings (SSSR count). The molecule has 0 radical (unpaired) electrons. The number of hydrogen-bond acceptors (Lipinski definition) is 1. The first-order valence-corrected chi connectivity index (χ1v) is 5.71. The highest BCUT2D eigenvalue weighted by atomic mass is 16.3.